The molecule has 0 unspecified atom stereocenters. The summed E-state index contributed by atoms with van der Waals surface area (Å²) in [7, 11) is 0. The molecule has 0 fully saturated rings. The van der Waals surface area contributed by atoms with Crippen LogP contribution in [-0.4, -0.2) is 9.97 Å². The number of hydrogen-bond donors (Lipinski definition) is 2. The van der Waals surface area contributed by atoms with Gasteiger partial charge < -0.3 is 11.1 Å². The van der Waals surface area contributed by atoms with Gasteiger partial charge in [-0.25, -0.2) is 14.4 Å². The van der Waals surface area contributed by atoms with E-state index in [9.17, 15) is 4.39 Å². The number of nitrogens with two attached hydrogens (primary N) is 1. The van der Waals surface area contributed by atoms with Crippen molar-refractivity contribution in [3.05, 3.63) is 53.1 Å². The first-order valence-electron chi connectivity index (χ1n) is 6.27. The molecular weight excluding hydrogens is 291 g/mol. The zero-order chi connectivity index (χ0) is 15.0. The lowest BCUT2D eigenvalue weighted by molar-refractivity contribution is 0.628. The highest BCUT2D eigenvalue weighted by molar-refractivity contribution is 6.31. The highest BCUT2D eigenvalue weighted by Gasteiger charge is 2.08. The van der Waals surface area contributed by atoms with Crippen molar-refractivity contribution >= 4 is 39.7 Å². The van der Waals surface area contributed by atoms with Crippen LogP contribution in [-0.2, 0) is 0 Å². The minimum Gasteiger partial charge on any atom is -0.398 e. The third-order valence-electron chi connectivity index (χ3n) is 3.21. The summed E-state index contributed by atoms with van der Waals surface area (Å²) in [4.78, 5) is 8.43. The Kier molecular flexibility index (Phi) is 3.35. The van der Waals surface area contributed by atoms with Gasteiger partial charge >= 0.3 is 0 Å². The molecule has 0 saturated carbocycles. The molecule has 0 atom stereocenters. The lowest BCUT2D eigenvalue weighted by atomic mass is 10.1. The number of nitrogens with zero attached hydrogens (tertiary/aromatic N) is 2. The number of halogens is 2. The van der Waals surface area contributed by atoms with Gasteiger partial charge in [-0.3, -0.25) is 0 Å². The molecule has 21 heavy (non-hydrogen) atoms. The number of benzene rings is 2. The van der Waals surface area contributed by atoms with Crippen LogP contribution in [0.25, 0.3) is 10.9 Å². The summed E-state index contributed by atoms with van der Waals surface area (Å²) in [5, 5.41) is 3.95. The zero-order valence-corrected chi connectivity index (χ0v) is 11.9. The van der Waals surface area contributed by atoms with E-state index < -0.39 is 5.82 Å². The molecule has 0 amide bonds. The first-order chi connectivity index (χ1) is 10.0. The molecular formula is C15H12ClFN4. The normalized spacial score (nSPS) is 10.8. The molecule has 0 radical (unpaired) electrons. The maximum absolute atomic E-state index is 13.2. The van der Waals surface area contributed by atoms with Crippen molar-refractivity contribution in [1.82, 2.24) is 9.97 Å². The Labute approximate surface area is 125 Å². The van der Waals surface area contributed by atoms with Crippen LogP contribution in [0.5, 0.6) is 0 Å². The van der Waals surface area contributed by atoms with E-state index in [-0.39, 0.29) is 5.02 Å². The van der Waals surface area contributed by atoms with Crippen LogP contribution in [0.4, 0.5) is 21.6 Å². The molecule has 0 aliphatic rings. The Balaban J connectivity index is 2.07. The van der Waals surface area contributed by atoms with Crippen LogP contribution in [0.15, 0.2) is 36.7 Å². The Hall–Kier alpha value is -2.40. The van der Waals surface area contributed by atoms with Gasteiger partial charge in [0.15, 0.2) is 0 Å². The molecule has 3 N–H and O–H groups in total. The Morgan fingerprint density at radius 1 is 1.19 bits per heavy atom. The average molecular weight is 303 g/mol. The first kappa shape index (κ1) is 13.6. The number of rotatable bonds is 2. The maximum atomic E-state index is 13.2. The highest BCUT2D eigenvalue weighted by Crippen LogP contribution is 2.28. The van der Waals surface area contributed by atoms with Crippen LogP contribution < -0.4 is 11.1 Å². The predicted octanol–water partition coefficient (Wildman–Crippen LogP) is 4.06. The van der Waals surface area contributed by atoms with Gasteiger partial charge in [-0.15, -0.1) is 0 Å². The first-order valence-corrected chi connectivity index (χ1v) is 6.65. The second-order valence-corrected chi connectivity index (χ2v) is 5.11. The lowest BCUT2D eigenvalue weighted by Gasteiger charge is -2.10. The molecule has 0 aliphatic carbocycles. The van der Waals surface area contributed by atoms with E-state index >= 15 is 0 Å². The molecule has 1 aromatic heterocycles. The second-order valence-electron chi connectivity index (χ2n) is 4.70. The molecule has 3 rings (SSSR count). The van der Waals surface area contributed by atoms with Crippen molar-refractivity contribution in [1.29, 1.82) is 0 Å². The summed E-state index contributed by atoms with van der Waals surface area (Å²) >= 11 is 5.78. The number of fused-ring (bicyclic) bond motifs is 1. The van der Waals surface area contributed by atoms with Gasteiger partial charge in [-0.1, -0.05) is 11.6 Å². The van der Waals surface area contributed by atoms with E-state index in [0.717, 1.165) is 16.5 Å². The minimum absolute atomic E-state index is 0.0497. The van der Waals surface area contributed by atoms with Crippen molar-refractivity contribution < 1.29 is 4.39 Å². The van der Waals surface area contributed by atoms with Crippen LogP contribution in [0.3, 0.4) is 0 Å². The van der Waals surface area contributed by atoms with Crippen LogP contribution in [0.2, 0.25) is 5.02 Å². The van der Waals surface area contributed by atoms with Gasteiger partial charge in [0, 0.05) is 16.8 Å². The summed E-state index contributed by atoms with van der Waals surface area (Å²) in [5.74, 6) is 0.129. The van der Waals surface area contributed by atoms with Gasteiger partial charge in [0.25, 0.3) is 0 Å². The molecule has 2 aromatic carbocycles. The van der Waals surface area contributed by atoms with E-state index in [2.05, 4.69) is 15.3 Å². The summed E-state index contributed by atoms with van der Waals surface area (Å²) in [6, 6.07) is 8.11. The number of nitrogens with one attached hydrogen (secondary N) is 1. The smallest absolute Gasteiger partial charge is 0.141 e. The number of hydrogen-bond acceptors (Lipinski definition) is 4. The third-order valence-corrected chi connectivity index (χ3v) is 3.50. The van der Waals surface area contributed by atoms with E-state index in [4.69, 9.17) is 17.3 Å². The molecule has 1 heterocycles. The summed E-state index contributed by atoms with van der Waals surface area (Å²) in [6.45, 7) is 1.92. The highest BCUT2D eigenvalue weighted by atomic mass is 35.5. The number of aryl methyl sites for hydroxylation is 1. The van der Waals surface area contributed by atoms with Crippen molar-refractivity contribution in [3.8, 4) is 0 Å². The molecule has 0 saturated heterocycles. The van der Waals surface area contributed by atoms with Gasteiger partial charge in [0.1, 0.15) is 18.0 Å². The van der Waals surface area contributed by atoms with Gasteiger partial charge in [0.2, 0.25) is 0 Å². The number of anilines is 3. The van der Waals surface area contributed by atoms with Gasteiger partial charge in [0.05, 0.1) is 10.5 Å². The Morgan fingerprint density at radius 3 is 2.76 bits per heavy atom. The van der Waals surface area contributed by atoms with Gasteiger partial charge in [-0.2, -0.15) is 0 Å². The standard InChI is InChI=1S/C15H12ClFN4/c1-8-4-14-10(6-13(8)18)15(20-7-19-14)21-9-2-3-12(17)11(16)5-9/h2-7H,18H2,1H3,(H,19,20,21). The van der Waals surface area contributed by atoms with Crippen LogP contribution in [0, 0.1) is 12.7 Å². The second kappa shape index (κ2) is 5.18. The molecule has 0 spiro atoms. The topological polar surface area (TPSA) is 63.8 Å². The molecule has 6 heteroatoms. The zero-order valence-electron chi connectivity index (χ0n) is 11.2. The van der Waals surface area contributed by atoms with E-state index in [1.54, 1.807) is 6.07 Å². The summed E-state index contributed by atoms with van der Waals surface area (Å²) in [5.41, 5.74) is 8.98. The Morgan fingerprint density at radius 2 is 2.00 bits per heavy atom. The summed E-state index contributed by atoms with van der Waals surface area (Å²) < 4.78 is 13.2. The minimum atomic E-state index is -0.463. The van der Waals surface area contributed by atoms with E-state index in [1.807, 2.05) is 19.1 Å². The van der Waals surface area contributed by atoms with E-state index in [0.29, 0.717) is 17.2 Å². The van der Waals surface area contributed by atoms with Crippen molar-refractivity contribution in [2.45, 2.75) is 6.92 Å². The van der Waals surface area contributed by atoms with Gasteiger partial charge in [-0.05, 0) is 42.8 Å². The lowest BCUT2D eigenvalue weighted by Crippen LogP contribution is -1.98. The predicted molar refractivity (Wildman–Crippen MR) is 83.4 cm³/mol. The molecule has 106 valence electrons. The van der Waals surface area contributed by atoms with Crippen molar-refractivity contribution in [2.75, 3.05) is 11.1 Å². The maximum Gasteiger partial charge on any atom is 0.141 e. The third kappa shape index (κ3) is 2.60. The van der Waals surface area contributed by atoms with Crippen molar-refractivity contribution in [3.63, 3.8) is 0 Å². The summed E-state index contributed by atoms with van der Waals surface area (Å²) in [6.07, 6.45) is 1.46. The quantitative estimate of drug-likeness (QED) is 0.701. The van der Waals surface area contributed by atoms with Crippen molar-refractivity contribution in [2.24, 2.45) is 0 Å². The SMILES string of the molecule is Cc1cc2ncnc(Nc3ccc(F)c(Cl)c3)c2cc1N. The fraction of sp³-hybridized carbons (Fsp3) is 0.0667. The molecule has 3 aromatic rings. The fourth-order valence-corrected chi connectivity index (χ4v) is 2.22. The van der Waals surface area contributed by atoms with Crippen LogP contribution >= 0.6 is 11.6 Å². The number of nitrogen functional groups attached to an aromatic ring is 1. The largest absolute Gasteiger partial charge is 0.398 e. The Bertz CT molecular complexity index is 835. The monoisotopic (exact) mass is 302 g/mol. The fourth-order valence-electron chi connectivity index (χ4n) is 2.03. The average Bonchev–Trinajstić information content (AvgIpc) is 2.45. The molecule has 4 nitrogen and oxygen atoms in total. The van der Waals surface area contributed by atoms with E-state index in [1.165, 1.54) is 18.5 Å². The van der Waals surface area contributed by atoms with Crippen LogP contribution in [0.1, 0.15) is 5.56 Å². The molecule has 0 bridgehead atoms. The molecule has 0 aliphatic heterocycles. The number of aromatic nitrogens is 2.